The van der Waals surface area contributed by atoms with Crippen LogP contribution in [0, 0.1) is 10.8 Å². The Hall–Kier alpha value is -1.68. The summed E-state index contributed by atoms with van der Waals surface area (Å²) in [6.07, 6.45) is 38.5. The van der Waals surface area contributed by atoms with Gasteiger partial charge in [-0.15, -0.1) is 0 Å². The van der Waals surface area contributed by atoms with Crippen molar-refractivity contribution in [2.45, 2.75) is 246 Å². The molecule has 2 aromatic rings. The lowest BCUT2D eigenvalue weighted by molar-refractivity contribution is -0.204. The van der Waals surface area contributed by atoms with E-state index >= 15 is 0 Å². The standard InChI is InChI=1S/C54H94O3/c1-7-13-19-31-41-53(42-32-20-14-8-2,43-33-21-15-9-3)51(49-37-27-25-28-38-49)56-47-55-48-57-52(50-39-29-26-30-40-50)54(44-34-22-16-10-4,45-35-23-17-11-5)46-36-24-18-12-6/h25-30,37-40,51-52H,7-24,31-36,41-48H2,1-6H3. The van der Waals surface area contributed by atoms with Crippen LogP contribution >= 0.6 is 0 Å². The first-order valence-electron chi connectivity index (χ1n) is 25.0. The third-order valence-corrected chi connectivity index (χ3v) is 13.1. The Bertz CT molecular complexity index is 980. The predicted molar refractivity (Wildman–Crippen MR) is 249 cm³/mol. The summed E-state index contributed by atoms with van der Waals surface area (Å²) in [7, 11) is 0. The third kappa shape index (κ3) is 20.9. The Labute approximate surface area is 355 Å². The molecule has 57 heavy (non-hydrogen) atoms. The zero-order valence-corrected chi connectivity index (χ0v) is 38.8. The highest BCUT2D eigenvalue weighted by Gasteiger charge is 2.41. The molecule has 2 atom stereocenters. The van der Waals surface area contributed by atoms with Crippen molar-refractivity contribution in [3.8, 4) is 0 Å². The van der Waals surface area contributed by atoms with Crippen molar-refractivity contribution in [1.29, 1.82) is 0 Å². The maximum absolute atomic E-state index is 7.11. The van der Waals surface area contributed by atoms with Gasteiger partial charge in [0.1, 0.15) is 13.6 Å². The molecule has 2 aromatic carbocycles. The van der Waals surface area contributed by atoms with Crippen LogP contribution in [0.5, 0.6) is 0 Å². The molecule has 0 aliphatic heterocycles. The quantitative estimate of drug-likeness (QED) is 0.0497. The van der Waals surface area contributed by atoms with E-state index in [-0.39, 0.29) is 36.6 Å². The minimum Gasteiger partial charge on any atom is -0.347 e. The van der Waals surface area contributed by atoms with Crippen molar-refractivity contribution in [3.05, 3.63) is 71.8 Å². The zero-order valence-electron chi connectivity index (χ0n) is 38.8. The first kappa shape index (κ1) is 51.5. The molecule has 0 heterocycles. The largest absolute Gasteiger partial charge is 0.347 e. The number of hydrogen-bond acceptors (Lipinski definition) is 3. The summed E-state index contributed by atoms with van der Waals surface area (Å²) in [4.78, 5) is 0. The number of ether oxygens (including phenoxy) is 3. The highest BCUT2D eigenvalue weighted by atomic mass is 16.7. The molecule has 0 bridgehead atoms. The molecule has 2 rings (SSSR count). The van der Waals surface area contributed by atoms with Crippen LogP contribution in [0.15, 0.2) is 60.7 Å². The molecule has 0 amide bonds. The number of unbranched alkanes of at least 4 members (excludes halogenated alkanes) is 18. The van der Waals surface area contributed by atoms with E-state index in [2.05, 4.69) is 102 Å². The first-order valence-corrected chi connectivity index (χ1v) is 25.0. The van der Waals surface area contributed by atoms with Crippen molar-refractivity contribution >= 4 is 0 Å². The van der Waals surface area contributed by atoms with E-state index in [4.69, 9.17) is 14.2 Å². The number of benzene rings is 2. The van der Waals surface area contributed by atoms with Gasteiger partial charge in [-0.3, -0.25) is 0 Å². The molecule has 0 spiro atoms. The van der Waals surface area contributed by atoms with Crippen molar-refractivity contribution in [3.63, 3.8) is 0 Å². The highest BCUT2D eigenvalue weighted by molar-refractivity contribution is 5.21. The van der Waals surface area contributed by atoms with Crippen LogP contribution in [-0.2, 0) is 14.2 Å². The summed E-state index contributed by atoms with van der Waals surface area (Å²) in [5.41, 5.74) is 2.85. The summed E-state index contributed by atoms with van der Waals surface area (Å²) >= 11 is 0. The Morgan fingerprint density at radius 2 is 0.579 bits per heavy atom. The average Bonchev–Trinajstić information content (AvgIpc) is 3.24. The molecular weight excluding hydrogens is 697 g/mol. The minimum absolute atomic E-state index is 0.0169. The fourth-order valence-electron chi connectivity index (χ4n) is 9.73. The van der Waals surface area contributed by atoms with Crippen LogP contribution in [0.4, 0.5) is 0 Å². The lowest BCUT2D eigenvalue weighted by Gasteiger charge is -2.43. The monoisotopic (exact) mass is 791 g/mol. The average molecular weight is 791 g/mol. The first-order chi connectivity index (χ1) is 28.1. The fraction of sp³-hybridized carbons (Fsp3) is 0.778. The van der Waals surface area contributed by atoms with Crippen molar-refractivity contribution in [1.82, 2.24) is 0 Å². The molecule has 0 radical (unpaired) electrons. The normalized spacial score (nSPS) is 13.3. The van der Waals surface area contributed by atoms with E-state index in [0.717, 1.165) is 0 Å². The molecular formula is C54H94O3. The van der Waals surface area contributed by atoms with Gasteiger partial charge in [0.25, 0.3) is 0 Å². The van der Waals surface area contributed by atoms with E-state index in [1.165, 1.54) is 204 Å². The second-order valence-corrected chi connectivity index (χ2v) is 17.9. The van der Waals surface area contributed by atoms with Gasteiger partial charge in [0.15, 0.2) is 0 Å². The molecule has 0 N–H and O–H groups in total. The molecule has 3 nitrogen and oxygen atoms in total. The molecule has 3 heteroatoms. The Balaban J connectivity index is 2.42. The molecule has 0 aliphatic carbocycles. The molecule has 0 saturated heterocycles. The smallest absolute Gasteiger partial charge is 0.150 e. The molecule has 0 aromatic heterocycles. The summed E-state index contributed by atoms with van der Waals surface area (Å²) in [5, 5.41) is 0. The fourth-order valence-corrected chi connectivity index (χ4v) is 9.73. The van der Waals surface area contributed by atoms with E-state index < -0.39 is 0 Å². The van der Waals surface area contributed by atoms with Crippen LogP contribution in [0.25, 0.3) is 0 Å². The predicted octanol–water partition coefficient (Wildman–Crippen LogP) is 18.2. The lowest BCUT2D eigenvalue weighted by Crippen LogP contribution is -2.33. The summed E-state index contributed by atoms with van der Waals surface area (Å²) in [6, 6.07) is 22.4. The zero-order chi connectivity index (χ0) is 41.1. The topological polar surface area (TPSA) is 27.7 Å². The van der Waals surface area contributed by atoms with Crippen molar-refractivity contribution < 1.29 is 14.2 Å². The van der Waals surface area contributed by atoms with Crippen LogP contribution in [0.2, 0.25) is 0 Å². The third-order valence-electron chi connectivity index (χ3n) is 13.1. The minimum atomic E-state index is 0.0169. The van der Waals surface area contributed by atoms with Crippen LogP contribution < -0.4 is 0 Å². The van der Waals surface area contributed by atoms with Gasteiger partial charge >= 0.3 is 0 Å². The van der Waals surface area contributed by atoms with Crippen molar-refractivity contribution in [2.75, 3.05) is 13.6 Å². The number of rotatable bonds is 40. The van der Waals surface area contributed by atoms with Crippen LogP contribution in [0.1, 0.15) is 258 Å². The Morgan fingerprint density at radius 1 is 0.333 bits per heavy atom. The van der Waals surface area contributed by atoms with Gasteiger partial charge < -0.3 is 14.2 Å². The van der Waals surface area contributed by atoms with E-state index in [9.17, 15) is 0 Å². The molecule has 0 fully saturated rings. The maximum atomic E-state index is 7.11. The van der Waals surface area contributed by atoms with E-state index in [1.54, 1.807) is 0 Å². The van der Waals surface area contributed by atoms with Gasteiger partial charge in [-0.1, -0.05) is 256 Å². The molecule has 328 valence electrons. The van der Waals surface area contributed by atoms with Gasteiger partial charge in [-0.25, -0.2) is 0 Å². The highest BCUT2D eigenvalue weighted by Crippen LogP contribution is 2.51. The van der Waals surface area contributed by atoms with E-state index in [0.29, 0.717) is 0 Å². The van der Waals surface area contributed by atoms with Gasteiger partial charge in [-0.2, -0.15) is 0 Å². The summed E-state index contributed by atoms with van der Waals surface area (Å²) < 4.78 is 20.8. The Morgan fingerprint density at radius 3 is 0.807 bits per heavy atom. The van der Waals surface area contributed by atoms with Gasteiger partial charge in [0.2, 0.25) is 0 Å². The van der Waals surface area contributed by atoms with Crippen molar-refractivity contribution in [2.24, 2.45) is 10.8 Å². The van der Waals surface area contributed by atoms with Crippen LogP contribution in [-0.4, -0.2) is 13.6 Å². The summed E-state index contributed by atoms with van der Waals surface area (Å²) in [5.74, 6) is 0. The molecule has 2 unspecified atom stereocenters. The maximum Gasteiger partial charge on any atom is 0.150 e. The molecule has 0 aliphatic rings. The SMILES string of the molecule is CCCCCCC(CCCCCC)(CCCCCC)C(OCOCOC(c1ccccc1)C(CCCCCC)(CCCCCC)CCCCCC)c1ccccc1. The number of hydrogen-bond donors (Lipinski definition) is 0. The van der Waals surface area contributed by atoms with Gasteiger partial charge in [0.05, 0.1) is 12.2 Å². The second-order valence-electron chi connectivity index (χ2n) is 17.9. The second kappa shape index (κ2) is 34.1. The summed E-state index contributed by atoms with van der Waals surface area (Å²) in [6.45, 7) is 14.5. The molecule has 0 saturated carbocycles. The van der Waals surface area contributed by atoms with E-state index in [1.807, 2.05) is 0 Å². The Kier molecular flexibility index (Phi) is 30.8. The van der Waals surface area contributed by atoms with Gasteiger partial charge in [0, 0.05) is 10.8 Å². The van der Waals surface area contributed by atoms with Gasteiger partial charge in [-0.05, 0) is 49.7 Å². The van der Waals surface area contributed by atoms with Crippen LogP contribution in [0.3, 0.4) is 0 Å². The lowest BCUT2D eigenvalue weighted by atomic mass is 9.68.